The summed E-state index contributed by atoms with van der Waals surface area (Å²) >= 11 is 0. The Balaban J connectivity index is 1.93. The Morgan fingerprint density at radius 3 is 2.40 bits per heavy atom. The van der Waals surface area contributed by atoms with Gasteiger partial charge in [0.25, 0.3) is 5.91 Å². The van der Waals surface area contributed by atoms with Crippen molar-refractivity contribution < 1.29 is 31.1 Å². The van der Waals surface area contributed by atoms with Crippen LogP contribution in [0.1, 0.15) is 21.5 Å². The van der Waals surface area contributed by atoms with Crippen molar-refractivity contribution in [3.8, 4) is 12.3 Å². The van der Waals surface area contributed by atoms with Gasteiger partial charge in [0.1, 0.15) is 6.61 Å². The van der Waals surface area contributed by atoms with E-state index in [4.69, 9.17) is 6.42 Å². The Hall–Kier alpha value is -2.87. The van der Waals surface area contributed by atoms with Crippen LogP contribution in [0.4, 0.5) is 13.2 Å². The molecule has 0 saturated heterocycles. The molecule has 2 aromatic rings. The van der Waals surface area contributed by atoms with Crippen LogP contribution in [0, 0.1) is 12.3 Å². The van der Waals surface area contributed by atoms with E-state index in [-0.39, 0.29) is 30.2 Å². The maximum absolute atomic E-state index is 12.3. The number of nitrogens with one attached hydrogen (secondary N) is 2. The molecule has 0 spiro atoms. The molecule has 0 heterocycles. The van der Waals surface area contributed by atoms with E-state index in [0.29, 0.717) is 11.1 Å². The predicted octanol–water partition coefficient (Wildman–Crippen LogP) is 2.61. The molecule has 10 heteroatoms. The number of benzene rings is 2. The van der Waals surface area contributed by atoms with Crippen LogP contribution in [0.5, 0.6) is 0 Å². The maximum atomic E-state index is 12.3. The summed E-state index contributed by atoms with van der Waals surface area (Å²) in [5.41, 5.74) is 1.42. The van der Waals surface area contributed by atoms with Crippen LogP contribution in [-0.4, -0.2) is 33.7 Å². The highest BCUT2D eigenvalue weighted by atomic mass is 32.2. The van der Waals surface area contributed by atoms with Gasteiger partial charge in [-0.3, -0.25) is 4.79 Å². The first-order valence-corrected chi connectivity index (χ1v) is 10.1. The van der Waals surface area contributed by atoms with Gasteiger partial charge in [0.15, 0.2) is 0 Å². The minimum Gasteiger partial charge on any atom is -0.367 e. The first-order valence-electron chi connectivity index (χ1n) is 8.64. The Bertz CT molecular complexity index is 1010. The number of alkyl halides is 3. The van der Waals surface area contributed by atoms with Gasteiger partial charge >= 0.3 is 6.18 Å². The standard InChI is InChI=1S/C20H19F3N2O4S/c1-2-10-25-30(27,28)18-5-3-4-17(11-18)19(26)24-12-15-6-8-16(9-7-15)13-29-14-20(21,22)23/h1,3-9,11,25H,10,12-14H2,(H,24,26). The summed E-state index contributed by atoms with van der Waals surface area (Å²) in [6.45, 7) is -1.52. The highest BCUT2D eigenvalue weighted by Gasteiger charge is 2.27. The molecule has 0 aliphatic heterocycles. The summed E-state index contributed by atoms with van der Waals surface area (Å²) in [6.07, 6.45) is 0.667. The number of terminal acetylenes is 1. The summed E-state index contributed by atoms with van der Waals surface area (Å²) in [6, 6.07) is 12.0. The van der Waals surface area contributed by atoms with Crippen LogP contribution in [0.3, 0.4) is 0 Å². The second-order valence-electron chi connectivity index (χ2n) is 6.16. The zero-order chi connectivity index (χ0) is 22.2. The molecule has 2 N–H and O–H groups in total. The SMILES string of the molecule is C#CCNS(=O)(=O)c1cccc(C(=O)NCc2ccc(COCC(F)(F)F)cc2)c1. The summed E-state index contributed by atoms with van der Waals surface area (Å²) in [7, 11) is -3.82. The number of halogens is 3. The average Bonchev–Trinajstić information content (AvgIpc) is 2.70. The van der Waals surface area contributed by atoms with E-state index in [1.165, 1.54) is 24.3 Å². The van der Waals surface area contributed by atoms with E-state index in [9.17, 15) is 26.4 Å². The molecule has 0 aliphatic carbocycles. The quantitative estimate of drug-likeness (QED) is 0.587. The molecule has 0 unspecified atom stereocenters. The third kappa shape index (κ3) is 7.51. The topological polar surface area (TPSA) is 84.5 Å². The minimum atomic E-state index is -4.38. The highest BCUT2D eigenvalue weighted by Crippen LogP contribution is 2.16. The lowest BCUT2D eigenvalue weighted by atomic mass is 10.1. The van der Waals surface area contributed by atoms with Crippen LogP contribution >= 0.6 is 0 Å². The zero-order valence-corrected chi connectivity index (χ0v) is 16.5. The van der Waals surface area contributed by atoms with Gasteiger partial charge in [-0.25, -0.2) is 8.42 Å². The predicted molar refractivity (Wildman–Crippen MR) is 104 cm³/mol. The van der Waals surface area contributed by atoms with Crippen LogP contribution in [0.2, 0.25) is 0 Å². The third-order valence-electron chi connectivity index (χ3n) is 3.78. The van der Waals surface area contributed by atoms with E-state index in [2.05, 4.69) is 20.7 Å². The lowest BCUT2D eigenvalue weighted by Gasteiger charge is -2.09. The maximum Gasteiger partial charge on any atom is 0.411 e. The first-order chi connectivity index (χ1) is 14.1. The normalized spacial score (nSPS) is 11.7. The molecular weight excluding hydrogens is 421 g/mol. The Morgan fingerprint density at radius 1 is 1.10 bits per heavy atom. The van der Waals surface area contributed by atoms with Crippen molar-refractivity contribution in [2.24, 2.45) is 0 Å². The van der Waals surface area contributed by atoms with E-state index in [1.54, 1.807) is 24.3 Å². The van der Waals surface area contributed by atoms with E-state index in [1.807, 2.05) is 0 Å². The molecule has 2 rings (SSSR count). The fraction of sp³-hybridized carbons (Fsp3) is 0.250. The number of hydrogen-bond donors (Lipinski definition) is 2. The second kappa shape index (κ2) is 10.2. The molecular formula is C20H19F3N2O4S. The van der Waals surface area contributed by atoms with Crippen molar-refractivity contribution >= 4 is 15.9 Å². The Kier molecular flexibility index (Phi) is 8.00. The van der Waals surface area contributed by atoms with Gasteiger partial charge in [0.05, 0.1) is 18.0 Å². The number of hydrogen-bond acceptors (Lipinski definition) is 4. The number of carbonyl (C=O) groups is 1. The van der Waals surface area contributed by atoms with Crippen molar-refractivity contribution in [2.75, 3.05) is 13.2 Å². The largest absolute Gasteiger partial charge is 0.411 e. The van der Waals surface area contributed by atoms with Gasteiger partial charge in [-0.1, -0.05) is 36.3 Å². The third-order valence-corrected chi connectivity index (χ3v) is 5.18. The van der Waals surface area contributed by atoms with Gasteiger partial charge in [-0.2, -0.15) is 17.9 Å². The van der Waals surface area contributed by atoms with E-state index < -0.39 is 28.7 Å². The van der Waals surface area contributed by atoms with Gasteiger partial charge in [-0.05, 0) is 29.3 Å². The zero-order valence-electron chi connectivity index (χ0n) is 15.7. The summed E-state index contributed by atoms with van der Waals surface area (Å²) < 4.78 is 67.2. The molecule has 0 aromatic heterocycles. The van der Waals surface area contributed by atoms with Crippen molar-refractivity contribution in [2.45, 2.75) is 24.2 Å². The van der Waals surface area contributed by atoms with Crippen LogP contribution in [0.15, 0.2) is 53.4 Å². The molecule has 6 nitrogen and oxygen atoms in total. The number of rotatable bonds is 9. The fourth-order valence-electron chi connectivity index (χ4n) is 2.35. The Morgan fingerprint density at radius 2 is 1.77 bits per heavy atom. The van der Waals surface area contributed by atoms with Gasteiger partial charge in [-0.15, -0.1) is 6.42 Å². The smallest absolute Gasteiger partial charge is 0.367 e. The number of sulfonamides is 1. The highest BCUT2D eigenvalue weighted by molar-refractivity contribution is 7.89. The molecule has 2 aromatic carbocycles. The minimum absolute atomic E-state index is 0.0893. The molecule has 0 fully saturated rings. The molecule has 0 atom stereocenters. The molecule has 0 bridgehead atoms. The first kappa shape index (κ1) is 23.4. The monoisotopic (exact) mass is 440 g/mol. The van der Waals surface area contributed by atoms with Crippen LogP contribution < -0.4 is 10.0 Å². The van der Waals surface area contributed by atoms with Crippen LogP contribution in [-0.2, 0) is 27.9 Å². The van der Waals surface area contributed by atoms with Crippen molar-refractivity contribution in [1.82, 2.24) is 10.0 Å². The van der Waals surface area contributed by atoms with Gasteiger partial charge < -0.3 is 10.1 Å². The van der Waals surface area contributed by atoms with Gasteiger partial charge in [0.2, 0.25) is 10.0 Å². The van der Waals surface area contributed by atoms with Crippen molar-refractivity contribution in [3.05, 3.63) is 65.2 Å². The molecule has 30 heavy (non-hydrogen) atoms. The van der Waals surface area contributed by atoms with Crippen LogP contribution in [0.25, 0.3) is 0 Å². The van der Waals surface area contributed by atoms with Crippen molar-refractivity contribution in [1.29, 1.82) is 0 Å². The second-order valence-corrected chi connectivity index (χ2v) is 7.93. The Labute approximate surface area is 172 Å². The lowest BCUT2D eigenvalue weighted by molar-refractivity contribution is -0.176. The average molecular weight is 440 g/mol. The molecule has 0 aliphatic rings. The van der Waals surface area contributed by atoms with E-state index >= 15 is 0 Å². The number of amides is 1. The lowest BCUT2D eigenvalue weighted by Crippen LogP contribution is -2.25. The molecule has 0 radical (unpaired) electrons. The summed E-state index contributed by atoms with van der Waals surface area (Å²) in [5.74, 6) is 1.68. The van der Waals surface area contributed by atoms with Crippen molar-refractivity contribution in [3.63, 3.8) is 0 Å². The number of carbonyl (C=O) groups excluding carboxylic acids is 1. The van der Waals surface area contributed by atoms with Gasteiger partial charge in [0, 0.05) is 12.1 Å². The fourth-order valence-corrected chi connectivity index (χ4v) is 3.33. The van der Waals surface area contributed by atoms with E-state index in [0.717, 1.165) is 0 Å². The summed E-state index contributed by atoms with van der Waals surface area (Å²) in [4.78, 5) is 12.2. The molecule has 1 amide bonds. The number of ether oxygens (including phenoxy) is 1. The summed E-state index contributed by atoms with van der Waals surface area (Å²) in [5, 5.41) is 2.65. The molecule has 160 valence electrons. The molecule has 0 saturated carbocycles.